The van der Waals surface area contributed by atoms with Gasteiger partial charge in [0.25, 0.3) is 0 Å². The average Bonchev–Trinajstić information content (AvgIpc) is 3.57. The summed E-state index contributed by atoms with van der Waals surface area (Å²) < 4.78 is 7.68. The molecule has 6 rings (SSSR count). The summed E-state index contributed by atoms with van der Waals surface area (Å²) in [5.41, 5.74) is 3.98. The maximum absolute atomic E-state index is 12.6. The fourth-order valence-electron chi connectivity index (χ4n) is 4.74. The first-order valence-corrected chi connectivity index (χ1v) is 12.8. The number of carbonyl (C=O) groups is 1. The number of benzene rings is 2. The minimum Gasteiger partial charge on any atom is -0.437 e. The molecule has 0 saturated carbocycles. The van der Waals surface area contributed by atoms with Gasteiger partial charge in [-0.05, 0) is 81.4 Å². The van der Waals surface area contributed by atoms with Gasteiger partial charge in [-0.3, -0.25) is 9.69 Å². The summed E-state index contributed by atoms with van der Waals surface area (Å²) in [4.78, 5) is 27.9. The van der Waals surface area contributed by atoms with Crippen molar-refractivity contribution in [1.82, 2.24) is 29.5 Å². The first-order chi connectivity index (χ1) is 19.0. The Hall–Kier alpha value is -4.83. The van der Waals surface area contributed by atoms with Gasteiger partial charge in [-0.1, -0.05) is 6.08 Å². The second kappa shape index (κ2) is 10.5. The Kier molecular flexibility index (Phi) is 6.60. The third kappa shape index (κ3) is 5.41. The largest absolute Gasteiger partial charge is 0.437 e. The number of imidazole rings is 1. The molecule has 5 aromatic rings. The van der Waals surface area contributed by atoms with Crippen LogP contribution in [0.1, 0.15) is 18.4 Å². The molecule has 10 nitrogen and oxygen atoms in total. The van der Waals surface area contributed by atoms with Crippen LogP contribution in [-0.4, -0.2) is 55.0 Å². The zero-order valence-electron chi connectivity index (χ0n) is 21.7. The van der Waals surface area contributed by atoms with Crippen LogP contribution < -0.4 is 15.4 Å². The van der Waals surface area contributed by atoms with Crippen molar-refractivity contribution in [2.45, 2.75) is 25.8 Å². The Morgan fingerprint density at radius 3 is 2.82 bits per heavy atom. The zero-order chi connectivity index (χ0) is 26.8. The summed E-state index contributed by atoms with van der Waals surface area (Å²) in [5, 5.41) is 11.6. The molecule has 2 aromatic carbocycles. The SMILES string of the molecule is Cc1cc(Nc2ncnc3ccc(NC(=O)/C=C/[C@H]4CCCN4C)cc23)ccc1Oc1ccc2nccn2n1. The normalized spacial score (nSPS) is 15.8. The van der Waals surface area contributed by atoms with E-state index in [0.29, 0.717) is 29.2 Å². The molecule has 10 heteroatoms. The number of likely N-dealkylation sites (tertiary alicyclic amines) is 1. The maximum Gasteiger partial charge on any atom is 0.248 e. The van der Waals surface area contributed by atoms with Crippen LogP contribution in [0.15, 0.2) is 79.4 Å². The maximum atomic E-state index is 12.6. The Balaban J connectivity index is 1.18. The van der Waals surface area contributed by atoms with Gasteiger partial charge in [0, 0.05) is 47.3 Å². The van der Waals surface area contributed by atoms with E-state index in [0.717, 1.165) is 47.2 Å². The van der Waals surface area contributed by atoms with Crippen molar-refractivity contribution in [3.05, 3.63) is 85.0 Å². The van der Waals surface area contributed by atoms with Gasteiger partial charge < -0.3 is 15.4 Å². The van der Waals surface area contributed by atoms with Gasteiger partial charge >= 0.3 is 0 Å². The van der Waals surface area contributed by atoms with Crippen molar-refractivity contribution < 1.29 is 9.53 Å². The summed E-state index contributed by atoms with van der Waals surface area (Å²) >= 11 is 0. The molecular formula is C29H28N8O2. The zero-order valence-corrected chi connectivity index (χ0v) is 21.7. The van der Waals surface area contributed by atoms with Crippen LogP contribution in [0, 0.1) is 6.92 Å². The highest BCUT2D eigenvalue weighted by Crippen LogP contribution is 2.30. The van der Waals surface area contributed by atoms with Gasteiger partial charge in [0.1, 0.15) is 17.9 Å². The van der Waals surface area contributed by atoms with Crippen molar-refractivity contribution in [3.63, 3.8) is 0 Å². The summed E-state index contributed by atoms with van der Waals surface area (Å²) in [6.07, 6.45) is 10.8. The van der Waals surface area contributed by atoms with Crippen molar-refractivity contribution in [2.24, 2.45) is 0 Å². The molecule has 1 fully saturated rings. The lowest BCUT2D eigenvalue weighted by Gasteiger charge is -2.14. The summed E-state index contributed by atoms with van der Waals surface area (Å²) in [6.45, 7) is 3.03. The first kappa shape index (κ1) is 24.5. The molecule has 0 radical (unpaired) electrons. The number of fused-ring (bicyclic) bond motifs is 2. The fourth-order valence-corrected chi connectivity index (χ4v) is 4.74. The molecule has 1 amide bonds. The molecule has 2 N–H and O–H groups in total. The van der Waals surface area contributed by atoms with Crippen molar-refractivity contribution in [3.8, 4) is 11.6 Å². The second-order valence-electron chi connectivity index (χ2n) is 9.60. The monoisotopic (exact) mass is 520 g/mol. The van der Waals surface area contributed by atoms with Crippen LogP contribution in [0.4, 0.5) is 17.2 Å². The third-order valence-corrected chi connectivity index (χ3v) is 6.83. The number of hydrogen-bond donors (Lipinski definition) is 2. The molecule has 4 heterocycles. The molecule has 196 valence electrons. The molecule has 0 aliphatic carbocycles. The van der Waals surface area contributed by atoms with Gasteiger partial charge in [0.15, 0.2) is 5.65 Å². The van der Waals surface area contributed by atoms with E-state index >= 15 is 0 Å². The molecule has 0 bridgehead atoms. The highest BCUT2D eigenvalue weighted by Gasteiger charge is 2.18. The van der Waals surface area contributed by atoms with E-state index in [9.17, 15) is 4.79 Å². The lowest BCUT2D eigenvalue weighted by atomic mass is 10.1. The molecule has 1 aliphatic rings. The number of nitrogens with one attached hydrogen (secondary N) is 2. The second-order valence-corrected chi connectivity index (χ2v) is 9.60. The molecule has 1 aliphatic heterocycles. The fraction of sp³-hybridized carbons (Fsp3) is 0.207. The molecule has 0 spiro atoms. The van der Waals surface area contributed by atoms with Crippen LogP contribution in [0.5, 0.6) is 11.6 Å². The Morgan fingerprint density at radius 2 is 1.97 bits per heavy atom. The Bertz CT molecular complexity index is 1700. The lowest BCUT2D eigenvalue weighted by Crippen LogP contribution is -2.23. The predicted octanol–water partition coefficient (Wildman–Crippen LogP) is 5.11. The van der Waals surface area contributed by atoms with Crippen LogP contribution >= 0.6 is 0 Å². The number of aryl methyl sites for hydroxylation is 1. The van der Waals surface area contributed by atoms with E-state index in [1.165, 1.54) is 6.33 Å². The van der Waals surface area contributed by atoms with E-state index in [4.69, 9.17) is 4.74 Å². The smallest absolute Gasteiger partial charge is 0.248 e. The van der Waals surface area contributed by atoms with Crippen molar-refractivity contribution in [2.75, 3.05) is 24.2 Å². The van der Waals surface area contributed by atoms with E-state index in [2.05, 4.69) is 42.6 Å². The van der Waals surface area contributed by atoms with E-state index in [-0.39, 0.29) is 5.91 Å². The number of amides is 1. The molecule has 1 atom stereocenters. The minimum atomic E-state index is -0.158. The Morgan fingerprint density at radius 1 is 1.08 bits per heavy atom. The third-order valence-electron chi connectivity index (χ3n) is 6.83. The minimum absolute atomic E-state index is 0.158. The van der Waals surface area contributed by atoms with Crippen LogP contribution in [0.25, 0.3) is 16.6 Å². The molecular weight excluding hydrogens is 492 g/mol. The van der Waals surface area contributed by atoms with Gasteiger partial charge in [0.2, 0.25) is 11.8 Å². The van der Waals surface area contributed by atoms with E-state index in [1.54, 1.807) is 29.1 Å². The number of anilines is 3. The van der Waals surface area contributed by atoms with Crippen LogP contribution in [0.2, 0.25) is 0 Å². The molecule has 39 heavy (non-hydrogen) atoms. The van der Waals surface area contributed by atoms with Gasteiger partial charge in [-0.15, -0.1) is 5.10 Å². The van der Waals surface area contributed by atoms with Gasteiger partial charge in [-0.25, -0.2) is 19.5 Å². The van der Waals surface area contributed by atoms with E-state index < -0.39 is 0 Å². The number of carbonyl (C=O) groups excluding carboxylic acids is 1. The van der Waals surface area contributed by atoms with E-state index in [1.807, 2.05) is 55.5 Å². The summed E-state index contributed by atoms with van der Waals surface area (Å²) in [5.74, 6) is 1.65. The number of nitrogens with zero attached hydrogens (tertiary/aromatic N) is 6. The van der Waals surface area contributed by atoms with Crippen LogP contribution in [0.3, 0.4) is 0 Å². The quantitative estimate of drug-likeness (QED) is 0.285. The number of aromatic nitrogens is 5. The predicted molar refractivity (Wildman–Crippen MR) is 150 cm³/mol. The van der Waals surface area contributed by atoms with Gasteiger partial charge in [0.05, 0.1) is 5.52 Å². The standard InChI is InChI=1S/C29H28N8O2/c1-19-16-20(6-9-25(19)39-28-12-10-26-30-13-15-37(26)35-28)34-29-23-17-21(5-8-24(23)31-18-32-29)33-27(38)11-7-22-4-3-14-36(22)2/h5-13,15-18,22H,3-4,14H2,1-2H3,(H,33,38)(H,31,32,34)/b11-7+/t22-/m1/s1. The first-order valence-electron chi connectivity index (χ1n) is 12.8. The highest BCUT2D eigenvalue weighted by atomic mass is 16.5. The molecule has 3 aromatic heterocycles. The van der Waals surface area contributed by atoms with Crippen LogP contribution in [-0.2, 0) is 4.79 Å². The number of ether oxygens (including phenoxy) is 1. The number of likely N-dealkylation sites (N-methyl/N-ethyl adjacent to an activating group) is 1. The molecule has 0 unspecified atom stereocenters. The lowest BCUT2D eigenvalue weighted by molar-refractivity contribution is -0.111. The van der Waals surface area contributed by atoms with Crippen molar-refractivity contribution >= 4 is 39.6 Å². The van der Waals surface area contributed by atoms with Gasteiger partial charge in [-0.2, -0.15) is 0 Å². The Labute approximate surface area is 225 Å². The highest BCUT2D eigenvalue weighted by molar-refractivity contribution is 6.02. The molecule has 1 saturated heterocycles. The number of rotatable bonds is 7. The summed E-state index contributed by atoms with van der Waals surface area (Å²) in [7, 11) is 2.08. The average molecular weight is 521 g/mol. The summed E-state index contributed by atoms with van der Waals surface area (Å²) in [6, 6.07) is 15.4. The topological polar surface area (TPSA) is 110 Å². The van der Waals surface area contributed by atoms with Crippen molar-refractivity contribution in [1.29, 1.82) is 0 Å². The number of hydrogen-bond acceptors (Lipinski definition) is 8.